The Morgan fingerprint density at radius 1 is 0.292 bits per heavy atom. The van der Waals surface area contributed by atoms with Crippen molar-refractivity contribution in [2.75, 3.05) is 0 Å². The number of aromatic nitrogens is 2. The van der Waals surface area contributed by atoms with E-state index < -0.39 is 0 Å². The molecule has 0 radical (unpaired) electrons. The van der Waals surface area contributed by atoms with Crippen LogP contribution in [-0.2, 0) is 0 Å². The third kappa shape index (κ3) is 4.06. The second-order valence-corrected chi connectivity index (χ2v) is 12.6. The van der Waals surface area contributed by atoms with Crippen molar-refractivity contribution in [3.8, 4) is 33.6 Å². The van der Waals surface area contributed by atoms with Gasteiger partial charge in [-0.2, -0.15) is 0 Å². The summed E-state index contributed by atoms with van der Waals surface area (Å²) in [6, 6.07) is 66.2. The van der Waals surface area contributed by atoms with E-state index in [1.54, 1.807) is 0 Å². The topological polar surface area (TPSA) is 9.86 Å². The van der Waals surface area contributed by atoms with Crippen molar-refractivity contribution in [3.63, 3.8) is 0 Å². The molecule has 0 aliphatic rings. The normalized spacial score (nSPS) is 11.8. The Balaban J connectivity index is 1.25. The molecular formula is C46H30N2. The average molecular weight is 611 g/mol. The predicted molar refractivity (Wildman–Crippen MR) is 203 cm³/mol. The fourth-order valence-electron chi connectivity index (χ4n) is 7.67. The van der Waals surface area contributed by atoms with Crippen LogP contribution in [0.2, 0.25) is 0 Å². The summed E-state index contributed by atoms with van der Waals surface area (Å²) in [5.41, 5.74) is 12.0. The minimum atomic E-state index is 1.15. The number of fused-ring (bicyclic) bond motifs is 7. The van der Waals surface area contributed by atoms with Crippen molar-refractivity contribution in [2.45, 2.75) is 0 Å². The van der Waals surface area contributed by atoms with E-state index in [1.807, 2.05) is 0 Å². The second-order valence-electron chi connectivity index (χ2n) is 12.6. The van der Waals surface area contributed by atoms with Crippen LogP contribution in [-0.4, -0.2) is 9.13 Å². The molecule has 8 aromatic carbocycles. The molecule has 2 heteroatoms. The van der Waals surface area contributed by atoms with Crippen molar-refractivity contribution >= 4 is 54.4 Å². The number of hydrogen-bond acceptors (Lipinski definition) is 0. The molecule has 224 valence electrons. The quantitative estimate of drug-likeness (QED) is 0.188. The molecule has 0 bridgehead atoms. The molecular weight excluding hydrogens is 581 g/mol. The molecule has 2 heterocycles. The minimum absolute atomic E-state index is 1.15. The molecule has 0 N–H and O–H groups in total. The molecule has 2 aromatic heterocycles. The molecule has 0 spiro atoms. The molecule has 0 unspecified atom stereocenters. The molecule has 0 saturated heterocycles. The van der Waals surface area contributed by atoms with Gasteiger partial charge in [-0.15, -0.1) is 0 Å². The van der Waals surface area contributed by atoms with E-state index >= 15 is 0 Å². The van der Waals surface area contributed by atoms with Gasteiger partial charge in [0.2, 0.25) is 0 Å². The first kappa shape index (κ1) is 26.8. The number of nitrogens with zero attached hydrogens (tertiary/aromatic N) is 2. The van der Waals surface area contributed by atoms with Crippen molar-refractivity contribution < 1.29 is 0 Å². The van der Waals surface area contributed by atoms with Gasteiger partial charge in [0.05, 0.1) is 27.8 Å². The van der Waals surface area contributed by atoms with E-state index in [1.165, 1.54) is 82.3 Å². The molecule has 0 fully saturated rings. The number of para-hydroxylation sites is 3. The summed E-state index contributed by atoms with van der Waals surface area (Å²) >= 11 is 0. The van der Waals surface area contributed by atoms with Gasteiger partial charge in [-0.25, -0.2) is 0 Å². The van der Waals surface area contributed by atoms with E-state index in [0.29, 0.717) is 0 Å². The van der Waals surface area contributed by atoms with Crippen LogP contribution in [0.3, 0.4) is 0 Å². The van der Waals surface area contributed by atoms with Crippen LogP contribution in [0.4, 0.5) is 0 Å². The zero-order valence-corrected chi connectivity index (χ0v) is 26.2. The van der Waals surface area contributed by atoms with Gasteiger partial charge in [-0.1, -0.05) is 133 Å². The molecule has 2 nitrogen and oxygen atoms in total. The first-order valence-electron chi connectivity index (χ1n) is 16.5. The van der Waals surface area contributed by atoms with Gasteiger partial charge < -0.3 is 9.13 Å². The summed E-state index contributed by atoms with van der Waals surface area (Å²) in [4.78, 5) is 0. The van der Waals surface area contributed by atoms with Crippen LogP contribution in [0.1, 0.15) is 0 Å². The van der Waals surface area contributed by atoms with Crippen molar-refractivity contribution in [1.82, 2.24) is 9.13 Å². The van der Waals surface area contributed by atoms with E-state index in [2.05, 4.69) is 191 Å². The third-order valence-electron chi connectivity index (χ3n) is 9.90. The zero-order valence-electron chi connectivity index (χ0n) is 26.2. The van der Waals surface area contributed by atoms with E-state index in [-0.39, 0.29) is 0 Å². The molecule has 0 atom stereocenters. The standard InChI is InChI=1S/C46H30N2/c1-2-12-31(13-3-1)33-24-26-36(27-25-33)47-43-20-10-7-17-38(43)40-29-41-39-18-8-11-21-44(39)48(46(41)30-45(40)47)42-19-9-6-16-37(42)35-23-22-32-14-4-5-15-34(32)28-35/h1-30H. The van der Waals surface area contributed by atoms with Crippen LogP contribution in [0.5, 0.6) is 0 Å². The zero-order chi connectivity index (χ0) is 31.6. The van der Waals surface area contributed by atoms with Crippen molar-refractivity contribution in [2.24, 2.45) is 0 Å². The first-order valence-corrected chi connectivity index (χ1v) is 16.5. The lowest BCUT2D eigenvalue weighted by atomic mass is 9.99. The first-order chi connectivity index (χ1) is 23.8. The highest BCUT2D eigenvalue weighted by Gasteiger charge is 2.20. The molecule has 10 rings (SSSR count). The van der Waals surface area contributed by atoms with Crippen LogP contribution in [0.25, 0.3) is 88.0 Å². The molecule has 10 aromatic rings. The van der Waals surface area contributed by atoms with Gasteiger partial charge in [0.1, 0.15) is 0 Å². The summed E-state index contributed by atoms with van der Waals surface area (Å²) in [7, 11) is 0. The second kappa shape index (κ2) is 10.6. The minimum Gasteiger partial charge on any atom is -0.309 e. The Hall–Kier alpha value is -6.38. The molecule has 0 aliphatic carbocycles. The fraction of sp³-hybridized carbons (Fsp3) is 0. The SMILES string of the molecule is c1ccc(-c2ccc(-n3c4ccccc4c4cc5c6ccccc6n(-c6ccccc6-c6ccc7ccccc7c6)c5cc43)cc2)cc1. The number of hydrogen-bond donors (Lipinski definition) is 0. The molecule has 0 amide bonds. The Kier molecular flexibility index (Phi) is 5.91. The lowest BCUT2D eigenvalue weighted by Gasteiger charge is -2.15. The van der Waals surface area contributed by atoms with Gasteiger partial charge >= 0.3 is 0 Å². The van der Waals surface area contributed by atoms with Gasteiger partial charge in [-0.3, -0.25) is 0 Å². The molecule has 0 saturated carbocycles. The van der Waals surface area contributed by atoms with Crippen LogP contribution >= 0.6 is 0 Å². The third-order valence-corrected chi connectivity index (χ3v) is 9.90. The Morgan fingerprint density at radius 3 is 1.62 bits per heavy atom. The average Bonchev–Trinajstić information content (AvgIpc) is 3.66. The van der Waals surface area contributed by atoms with Crippen LogP contribution < -0.4 is 0 Å². The Bertz CT molecular complexity index is 2820. The van der Waals surface area contributed by atoms with E-state index in [4.69, 9.17) is 0 Å². The Morgan fingerprint density at radius 2 is 0.854 bits per heavy atom. The van der Waals surface area contributed by atoms with Gasteiger partial charge in [0.25, 0.3) is 0 Å². The summed E-state index contributed by atoms with van der Waals surface area (Å²) in [5, 5.41) is 7.53. The fourth-order valence-corrected chi connectivity index (χ4v) is 7.67. The predicted octanol–water partition coefficient (Wildman–Crippen LogP) is 12.4. The maximum absolute atomic E-state index is 2.47. The van der Waals surface area contributed by atoms with Gasteiger partial charge in [0, 0.05) is 32.8 Å². The highest BCUT2D eigenvalue weighted by Crippen LogP contribution is 2.41. The summed E-state index contributed by atoms with van der Waals surface area (Å²) < 4.78 is 4.89. The van der Waals surface area contributed by atoms with Gasteiger partial charge in [-0.05, 0) is 76.0 Å². The largest absolute Gasteiger partial charge is 0.309 e. The maximum Gasteiger partial charge on any atom is 0.0562 e. The van der Waals surface area contributed by atoms with Crippen molar-refractivity contribution in [3.05, 3.63) is 182 Å². The summed E-state index contributed by atoms with van der Waals surface area (Å²) in [6.45, 7) is 0. The van der Waals surface area contributed by atoms with E-state index in [9.17, 15) is 0 Å². The van der Waals surface area contributed by atoms with Crippen molar-refractivity contribution in [1.29, 1.82) is 0 Å². The Labute approximate surface area is 278 Å². The molecule has 48 heavy (non-hydrogen) atoms. The van der Waals surface area contributed by atoms with Crippen LogP contribution in [0.15, 0.2) is 182 Å². The number of benzene rings is 8. The highest BCUT2D eigenvalue weighted by molar-refractivity contribution is 6.19. The summed E-state index contributed by atoms with van der Waals surface area (Å²) in [6.07, 6.45) is 0. The lowest BCUT2D eigenvalue weighted by molar-refractivity contribution is 1.17. The number of rotatable bonds is 4. The monoisotopic (exact) mass is 610 g/mol. The maximum atomic E-state index is 2.47. The lowest BCUT2D eigenvalue weighted by Crippen LogP contribution is -1.98. The summed E-state index contributed by atoms with van der Waals surface area (Å²) in [5.74, 6) is 0. The smallest absolute Gasteiger partial charge is 0.0562 e. The van der Waals surface area contributed by atoms with Crippen LogP contribution in [0, 0.1) is 0 Å². The van der Waals surface area contributed by atoms with Gasteiger partial charge in [0.15, 0.2) is 0 Å². The van der Waals surface area contributed by atoms with E-state index in [0.717, 1.165) is 5.69 Å². The molecule has 0 aliphatic heterocycles. The highest BCUT2D eigenvalue weighted by atomic mass is 15.0.